The van der Waals surface area contributed by atoms with Gasteiger partial charge in [0.1, 0.15) is 11.8 Å². The fourth-order valence-corrected chi connectivity index (χ4v) is 2.81. The Kier molecular flexibility index (Phi) is 8.62. The van der Waals surface area contributed by atoms with Crippen LogP contribution in [-0.2, 0) is 31.7 Å². The van der Waals surface area contributed by atoms with Gasteiger partial charge in [-0.15, -0.1) is 0 Å². The van der Waals surface area contributed by atoms with Crippen molar-refractivity contribution in [2.24, 2.45) is 0 Å². The number of nitrogens with one attached hydrogen (secondary N) is 2. The largest absolute Gasteiger partial charge is 0.484 e. The average molecular weight is 452 g/mol. The molecule has 2 rings (SSSR count). The number of esters is 1. The number of rotatable bonds is 9. The predicted molar refractivity (Wildman–Crippen MR) is 110 cm³/mol. The number of hydrogen-bond donors (Lipinski definition) is 2. The molecule has 10 heteroatoms. The number of carbonyl (C=O) groups is 3. The fraction of sp³-hybridized carbons (Fsp3) is 0.318. The van der Waals surface area contributed by atoms with Crippen LogP contribution in [0.25, 0.3) is 0 Å². The number of amides is 2. The topological polar surface area (TPSA) is 93.7 Å². The maximum absolute atomic E-state index is 13.0. The molecule has 2 N–H and O–H groups in total. The van der Waals surface area contributed by atoms with E-state index in [0.29, 0.717) is 11.3 Å². The van der Waals surface area contributed by atoms with Crippen LogP contribution in [0.1, 0.15) is 25.0 Å². The zero-order valence-corrected chi connectivity index (χ0v) is 17.5. The smallest absolute Gasteiger partial charge is 0.418 e. The van der Waals surface area contributed by atoms with E-state index in [1.165, 1.54) is 19.1 Å². The van der Waals surface area contributed by atoms with Crippen molar-refractivity contribution in [3.8, 4) is 5.75 Å². The number of ether oxygens (including phenoxy) is 2. The second-order valence-corrected chi connectivity index (χ2v) is 6.73. The quantitative estimate of drug-likeness (QED) is 0.570. The minimum atomic E-state index is -4.60. The fourth-order valence-electron chi connectivity index (χ4n) is 2.81. The van der Waals surface area contributed by atoms with Gasteiger partial charge in [0.2, 0.25) is 5.91 Å². The van der Waals surface area contributed by atoms with Gasteiger partial charge in [0.15, 0.2) is 6.61 Å². The number of carbonyl (C=O) groups excluding carboxylic acids is 3. The average Bonchev–Trinajstić information content (AvgIpc) is 2.72. The molecule has 0 unspecified atom stereocenters. The molecule has 32 heavy (non-hydrogen) atoms. The Bertz CT molecular complexity index is 945. The van der Waals surface area contributed by atoms with Gasteiger partial charge >= 0.3 is 12.1 Å². The van der Waals surface area contributed by atoms with Crippen molar-refractivity contribution in [1.29, 1.82) is 0 Å². The zero-order valence-electron chi connectivity index (χ0n) is 17.5. The van der Waals surface area contributed by atoms with E-state index in [0.717, 1.165) is 12.1 Å². The lowest BCUT2D eigenvalue weighted by Crippen LogP contribution is -2.42. The molecule has 7 nitrogen and oxygen atoms in total. The van der Waals surface area contributed by atoms with Crippen LogP contribution < -0.4 is 15.4 Å². The lowest BCUT2D eigenvalue weighted by atomic mass is 10.1. The van der Waals surface area contributed by atoms with Gasteiger partial charge in [-0.05, 0) is 36.8 Å². The summed E-state index contributed by atoms with van der Waals surface area (Å²) >= 11 is 0. The van der Waals surface area contributed by atoms with E-state index in [2.05, 4.69) is 10.6 Å². The Morgan fingerprint density at radius 2 is 1.69 bits per heavy atom. The maximum atomic E-state index is 13.0. The Hall–Kier alpha value is -3.56. The number of halogens is 3. The van der Waals surface area contributed by atoms with Crippen molar-refractivity contribution >= 4 is 23.5 Å². The molecule has 0 fully saturated rings. The van der Waals surface area contributed by atoms with Crippen molar-refractivity contribution in [3.63, 3.8) is 0 Å². The van der Waals surface area contributed by atoms with Gasteiger partial charge in [-0.25, -0.2) is 4.79 Å². The normalized spacial score (nSPS) is 11.9. The van der Waals surface area contributed by atoms with E-state index >= 15 is 0 Å². The van der Waals surface area contributed by atoms with E-state index in [4.69, 9.17) is 9.47 Å². The third-order valence-corrected chi connectivity index (χ3v) is 4.19. The molecule has 0 aliphatic carbocycles. The molecule has 2 amide bonds. The summed E-state index contributed by atoms with van der Waals surface area (Å²) in [5, 5.41) is 4.72. The highest BCUT2D eigenvalue weighted by Gasteiger charge is 2.33. The molecule has 1 atom stereocenters. The number of para-hydroxylation sites is 1. The molecule has 0 saturated carbocycles. The highest BCUT2D eigenvalue weighted by molar-refractivity contribution is 5.92. The Labute approximate surface area is 182 Å². The number of alkyl halides is 3. The van der Waals surface area contributed by atoms with E-state index in [1.807, 2.05) is 0 Å². The third kappa shape index (κ3) is 7.60. The minimum Gasteiger partial charge on any atom is -0.484 e. The number of benzene rings is 2. The third-order valence-electron chi connectivity index (χ3n) is 4.19. The summed E-state index contributed by atoms with van der Waals surface area (Å²) < 4.78 is 49.3. The molecule has 0 saturated heterocycles. The Morgan fingerprint density at radius 3 is 2.28 bits per heavy atom. The number of hydrogen-bond acceptors (Lipinski definition) is 5. The summed E-state index contributed by atoms with van der Waals surface area (Å²) in [6.07, 6.45) is -4.41. The first-order valence-electron chi connectivity index (χ1n) is 9.71. The predicted octanol–water partition coefficient (Wildman–Crippen LogP) is 3.33. The van der Waals surface area contributed by atoms with Gasteiger partial charge in [-0.2, -0.15) is 13.2 Å². The monoisotopic (exact) mass is 452 g/mol. The van der Waals surface area contributed by atoms with Crippen LogP contribution in [0.2, 0.25) is 0 Å². The molecule has 0 aliphatic rings. The highest BCUT2D eigenvalue weighted by atomic mass is 19.4. The Morgan fingerprint density at radius 1 is 1.03 bits per heavy atom. The summed E-state index contributed by atoms with van der Waals surface area (Å²) in [5.74, 6) is -1.38. The molecule has 172 valence electrons. The molecule has 0 bridgehead atoms. The van der Waals surface area contributed by atoms with Crippen molar-refractivity contribution in [3.05, 3.63) is 59.7 Å². The summed E-state index contributed by atoms with van der Waals surface area (Å²) in [5.41, 5.74) is -0.604. The van der Waals surface area contributed by atoms with E-state index in [9.17, 15) is 27.6 Å². The molecular formula is C22H23F3N2O5. The SMILES string of the molecule is CCOC(=O)[C@H](Cc1ccc(OCC(=O)Nc2ccccc2C(F)(F)F)cc1)NC(C)=O. The van der Waals surface area contributed by atoms with Crippen LogP contribution in [0.4, 0.5) is 18.9 Å². The van der Waals surface area contributed by atoms with Crippen molar-refractivity contribution in [2.75, 3.05) is 18.5 Å². The lowest BCUT2D eigenvalue weighted by molar-refractivity contribution is -0.147. The second-order valence-electron chi connectivity index (χ2n) is 6.73. The van der Waals surface area contributed by atoms with Gasteiger partial charge in [-0.1, -0.05) is 24.3 Å². The molecular weight excluding hydrogens is 429 g/mol. The van der Waals surface area contributed by atoms with Crippen LogP contribution in [0, 0.1) is 0 Å². The van der Waals surface area contributed by atoms with Crippen LogP contribution in [-0.4, -0.2) is 37.0 Å². The molecule has 2 aromatic rings. The van der Waals surface area contributed by atoms with Crippen LogP contribution >= 0.6 is 0 Å². The van der Waals surface area contributed by atoms with Gasteiger partial charge in [0.25, 0.3) is 5.91 Å². The maximum Gasteiger partial charge on any atom is 0.418 e. The van der Waals surface area contributed by atoms with Gasteiger partial charge in [-0.3, -0.25) is 9.59 Å². The molecule has 2 aromatic carbocycles. The lowest BCUT2D eigenvalue weighted by Gasteiger charge is -2.16. The summed E-state index contributed by atoms with van der Waals surface area (Å²) in [6.45, 7) is 2.63. The van der Waals surface area contributed by atoms with Crippen LogP contribution in [0.15, 0.2) is 48.5 Å². The van der Waals surface area contributed by atoms with Crippen molar-refractivity contribution in [1.82, 2.24) is 5.32 Å². The standard InChI is InChI=1S/C22H23F3N2O5/c1-3-31-21(30)19(26-14(2)28)12-15-8-10-16(11-9-15)32-13-20(29)27-18-7-5-4-6-17(18)22(23,24)25/h4-11,19H,3,12-13H2,1-2H3,(H,26,28)(H,27,29)/t19-/m0/s1. The van der Waals surface area contributed by atoms with Crippen molar-refractivity contribution in [2.45, 2.75) is 32.5 Å². The molecule has 0 heterocycles. The summed E-state index contributed by atoms with van der Waals surface area (Å²) in [6, 6.07) is 10.2. The first-order valence-corrected chi connectivity index (χ1v) is 9.71. The second kappa shape index (κ2) is 11.2. The minimum absolute atomic E-state index is 0.178. The van der Waals surface area contributed by atoms with E-state index in [1.54, 1.807) is 31.2 Å². The molecule has 0 aromatic heterocycles. The highest BCUT2D eigenvalue weighted by Crippen LogP contribution is 2.34. The first kappa shape index (κ1) is 24.7. The van der Waals surface area contributed by atoms with Gasteiger partial charge in [0, 0.05) is 13.3 Å². The first-order chi connectivity index (χ1) is 15.1. The van der Waals surface area contributed by atoms with Crippen LogP contribution in [0.3, 0.4) is 0 Å². The van der Waals surface area contributed by atoms with Crippen molar-refractivity contribution < 1.29 is 37.0 Å². The Balaban J connectivity index is 1.95. The molecule has 0 radical (unpaired) electrons. The molecule has 0 spiro atoms. The van der Waals surface area contributed by atoms with E-state index in [-0.39, 0.29) is 24.6 Å². The number of anilines is 1. The zero-order chi connectivity index (χ0) is 23.7. The summed E-state index contributed by atoms with van der Waals surface area (Å²) in [7, 11) is 0. The van der Waals surface area contributed by atoms with E-state index < -0.39 is 36.3 Å². The van der Waals surface area contributed by atoms with Gasteiger partial charge < -0.3 is 20.1 Å². The molecule has 0 aliphatic heterocycles. The van der Waals surface area contributed by atoms with Gasteiger partial charge in [0.05, 0.1) is 17.9 Å². The van der Waals surface area contributed by atoms with Crippen LogP contribution in [0.5, 0.6) is 5.75 Å². The summed E-state index contributed by atoms with van der Waals surface area (Å²) in [4.78, 5) is 35.3.